The van der Waals surface area contributed by atoms with E-state index in [4.69, 9.17) is 5.11 Å². The van der Waals surface area contributed by atoms with Crippen LogP contribution in [-0.2, 0) is 19.5 Å². The number of carboxylic acids is 1. The number of carboxylic acid groups (broad SMARTS) is 1. The lowest BCUT2D eigenvalue weighted by molar-refractivity contribution is -0.141. The Bertz CT molecular complexity index is 532. The van der Waals surface area contributed by atoms with E-state index >= 15 is 0 Å². The quantitative estimate of drug-likeness (QED) is 0.759. The Morgan fingerprint density at radius 3 is 2.56 bits per heavy atom. The summed E-state index contributed by atoms with van der Waals surface area (Å²) in [6.07, 6.45) is 0. The van der Waals surface area contributed by atoms with Crippen LogP contribution in [0.15, 0.2) is 29.2 Å². The van der Waals surface area contributed by atoms with Gasteiger partial charge in [0.25, 0.3) is 0 Å². The predicted octanol–water partition coefficient (Wildman–Crippen LogP) is 1.11. The zero-order chi connectivity index (χ0) is 13.8. The average Bonchev–Trinajstić information content (AvgIpc) is 2.28. The molecule has 0 radical (unpaired) electrons. The van der Waals surface area contributed by atoms with E-state index in [0.29, 0.717) is 0 Å². The Balaban J connectivity index is 2.97. The molecule has 1 aromatic carbocycles. The highest BCUT2D eigenvalue weighted by Gasteiger charge is 2.29. The predicted molar refractivity (Wildman–Crippen MR) is 56.8 cm³/mol. The summed E-state index contributed by atoms with van der Waals surface area (Å²) >= 11 is 0. The van der Waals surface area contributed by atoms with Gasteiger partial charge in [-0.25, -0.2) is 13.2 Å². The topological polar surface area (TPSA) is 92.7 Å². The van der Waals surface area contributed by atoms with Crippen LogP contribution >= 0.6 is 0 Å². The smallest absolute Gasteiger partial charge is 0.341 e. The van der Waals surface area contributed by atoms with E-state index in [1.54, 1.807) is 0 Å². The van der Waals surface area contributed by atoms with E-state index in [-0.39, 0.29) is 5.69 Å². The molecule has 2 N–H and O–H groups in total. The number of rotatable bonds is 6. The van der Waals surface area contributed by atoms with Crippen molar-refractivity contribution in [2.45, 2.75) is 10.7 Å². The summed E-state index contributed by atoms with van der Waals surface area (Å²) in [6, 6.07) is 4.79. The lowest BCUT2D eigenvalue weighted by Crippen LogP contribution is -2.16. The van der Waals surface area contributed by atoms with Crippen LogP contribution in [0.5, 0.6) is 0 Å². The molecule has 0 spiro atoms. The van der Waals surface area contributed by atoms with Crippen LogP contribution < -0.4 is 5.48 Å². The molecule has 0 aliphatic rings. The van der Waals surface area contributed by atoms with Gasteiger partial charge in [-0.3, -0.25) is 10.3 Å². The van der Waals surface area contributed by atoms with E-state index in [0.717, 1.165) is 6.07 Å². The van der Waals surface area contributed by atoms with Crippen molar-refractivity contribution in [2.75, 3.05) is 12.1 Å². The first-order valence-electron chi connectivity index (χ1n) is 4.56. The minimum absolute atomic E-state index is 0.251. The molecule has 0 amide bonds. The SMILES string of the molecule is O=C(O)CONc1ccccc1S(=O)(=O)C(F)F. The standard InChI is InChI=1S/C9H9F2NO5S/c10-9(11)18(15,16)7-4-2-1-3-6(7)12-17-5-8(13)14/h1-4,9,12H,5H2,(H,13,14). The molecule has 0 aromatic heterocycles. The Labute approximate surface area is 101 Å². The normalized spacial score (nSPS) is 11.5. The molecule has 0 heterocycles. The number of para-hydroxylation sites is 1. The lowest BCUT2D eigenvalue weighted by Gasteiger charge is -2.10. The summed E-state index contributed by atoms with van der Waals surface area (Å²) in [7, 11) is -4.78. The van der Waals surface area contributed by atoms with Gasteiger partial charge in [-0.15, -0.1) is 0 Å². The number of anilines is 1. The molecule has 0 unspecified atom stereocenters. The molecule has 0 saturated heterocycles. The maximum Gasteiger partial charge on any atom is 0.341 e. The van der Waals surface area contributed by atoms with Crippen molar-refractivity contribution in [3.8, 4) is 0 Å². The van der Waals surface area contributed by atoms with Gasteiger partial charge in [0.1, 0.15) is 0 Å². The summed E-state index contributed by atoms with van der Waals surface area (Å²) in [5.41, 5.74) is 1.76. The zero-order valence-electron chi connectivity index (χ0n) is 8.84. The first-order valence-corrected chi connectivity index (χ1v) is 6.11. The van der Waals surface area contributed by atoms with Crippen molar-refractivity contribution in [1.29, 1.82) is 0 Å². The summed E-state index contributed by atoms with van der Waals surface area (Å²) < 4.78 is 47.3. The molecule has 0 atom stereocenters. The zero-order valence-corrected chi connectivity index (χ0v) is 9.65. The maximum atomic E-state index is 12.4. The fourth-order valence-corrected chi connectivity index (χ4v) is 1.95. The number of carbonyl (C=O) groups is 1. The fourth-order valence-electron chi connectivity index (χ4n) is 1.07. The average molecular weight is 281 g/mol. The van der Waals surface area contributed by atoms with Crippen molar-refractivity contribution >= 4 is 21.5 Å². The Morgan fingerprint density at radius 2 is 2.00 bits per heavy atom. The second kappa shape index (κ2) is 5.74. The second-order valence-corrected chi connectivity index (χ2v) is 4.97. The molecule has 0 saturated carbocycles. The third kappa shape index (κ3) is 3.37. The van der Waals surface area contributed by atoms with Gasteiger partial charge < -0.3 is 5.11 Å². The molecule has 0 aliphatic carbocycles. The number of nitrogens with one attached hydrogen (secondary N) is 1. The van der Waals surface area contributed by atoms with Gasteiger partial charge in [0.05, 0.1) is 10.6 Å². The molecule has 1 aromatic rings. The number of aliphatic carboxylic acids is 1. The van der Waals surface area contributed by atoms with Gasteiger partial charge in [0, 0.05) is 0 Å². The van der Waals surface area contributed by atoms with Gasteiger partial charge in [0.15, 0.2) is 6.61 Å². The highest BCUT2D eigenvalue weighted by atomic mass is 32.2. The summed E-state index contributed by atoms with van der Waals surface area (Å²) in [6.45, 7) is -0.747. The minimum atomic E-state index is -4.78. The molecule has 0 fully saturated rings. The van der Waals surface area contributed by atoms with Gasteiger partial charge in [-0.05, 0) is 12.1 Å². The van der Waals surface area contributed by atoms with Crippen LogP contribution in [0.4, 0.5) is 14.5 Å². The largest absolute Gasteiger partial charge is 0.479 e. The van der Waals surface area contributed by atoms with Crippen molar-refractivity contribution in [1.82, 2.24) is 0 Å². The van der Waals surface area contributed by atoms with Crippen molar-refractivity contribution < 1.29 is 31.9 Å². The van der Waals surface area contributed by atoms with E-state index in [1.165, 1.54) is 18.2 Å². The fraction of sp³-hybridized carbons (Fsp3) is 0.222. The lowest BCUT2D eigenvalue weighted by atomic mass is 10.3. The van der Waals surface area contributed by atoms with Crippen LogP contribution in [0.2, 0.25) is 0 Å². The minimum Gasteiger partial charge on any atom is -0.479 e. The van der Waals surface area contributed by atoms with E-state index < -0.39 is 33.1 Å². The summed E-state index contributed by atoms with van der Waals surface area (Å²) in [4.78, 5) is 14.0. The first-order chi connectivity index (χ1) is 8.35. The van der Waals surface area contributed by atoms with Gasteiger partial charge in [-0.2, -0.15) is 8.78 Å². The van der Waals surface area contributed by atoms with Crippen LogP contribution in [0, 0.1) is 0 Å². The molecule has 0 aliphatic heterocycles. The number of halogens is 2. The van der Waals surface area contributed by atoms with E-state index in [9.17, 15) is 22.0 Å². The number of hydrogen-bond donors (Lipinski definition) is 2. The molecule has 6 nitrogen and oxygen atoms in total. The Morgan fingerprint density at radius 1 is 1.39 bits per heavy atom. The molecular weight excluding hydrogens is 272 g/mol. The molecular formula is C9H9F2NO5S. The van der Waals surface area contributed by atoms with E-state index in [2.05, 4.69) is 4.84 Å². The van der Waals surface area contributed by atoms with Crippen molar-refractivity contribution in [3.05, 3.63) is 24.3 Å². The first kappa shape index (κ1) is 14.3. The molecule has 9 heteroatoms. The van der Waals surface area contributed by atoms with Crippen LogP contribution in [0.3, 0.4) is 0 Å². The van der Waals surface area contributed by atoms with E-state index in [1.807, 2.05) is 5.48 Å². The highest BCUT2D eigenvalue weighted by Crippen LogP contribution is 2.25. The van der Waals surface area contributed by atoms with Crippen molar-refractivity contribution in [3.63, 3.8) is 0 Å². The molecule has 18 heavy (non-hydrogen) atoms. The van der Waals surface area contributed by atoms with Gasteiger partial charge >= 0.3 is 11.7 Å². The third-order valence-corrected chi connectivity index (χ3v) is 3.24. The molecule has 1 rings (SSSR count). The van der Waals surface area contributed by atoms with Gasteiger partial charge in [0.2, 0.25) is 9.84 Å². The van der Waals surface area contributed by atoms with Crippen LogP contribution in [-0.4, -0.2) is 31.9 Å². The van der Waals surface area contributed by atoms with Gasteiger partial charge in [-0.1, -0.05) is 12.1 Å². The Kier molecular flexibility index (Phi) is 4.56. The number of benzene rings is 1. The number of sulfone groups is 1. The van der Waals surface area contributed by atoms with Crippen LogP contribution in [0.1, 0.15) is 0 Å². The molecule has 0 bridgehead atoms. The number of hydrogen-bond acceptors (Lipinski definition) is 5. The van der Waals surface area contributed by atoms with Crippen molar-refractivity contribution in [2.24, 2.45) is 0 Å². The second-order valence-electron chi connectivity index (χ2n) is 3.09. The number of alkyl halides is 2. The summed E-state index contributed by atoms with van der Waals surface area (Å²) in [5, 5.41) is 8.31. The Hall–Kier alpha value is -1.74. The van der Waals surface area contributed by atoms with Crippen LogP contribution in [0.25, 0.3) is 0 Å². The summed E-state index contributed by atoms with van der Waals surface area (Å²) in [5.74, 6) is -4.86. The molecule has 100 valence electrons. The third-order valence-electron chi connectivity index (χ3n) is 1.81. The monoisotopic (exact) mass is 281 g/mol. The maximum absolute atomic E-state index is 12.4. The highest BCUT2D eigenvalue weighted by molar-refractivity contribution is 7.91.